The van der Waals surface area contributed by atoms with Crippen molar-refractivity contribution in [2.45, 2.75) is 52.1 Å². The highest BCUT2D eigenvalue weighted by Gasteiger charge is 2.15. The Morgan fingerprint density at radius 2 is 1.84 bits per heavy atom. The number of thiol groups is 1. The molecule has 0 aliphatic heterocycles. The van der Waals surface area contributed by atoms with Gasteiger partial charge in [-0.1, -0.05) is 12.8 Å². The molecule has 2 N–H and O–H groups in total. The summed E-state index contributed by atoms with van der Waals surface area (Å²) in [7, 11) is 0. The summed E-state index contributed by atoms with van der Waals surface area (Å²) in [6.07, 6.45) is 4.02. The summed E-state index contributed by atoms with van der Waals surface area (Å²) >= 11 is 8.55. The van der Waals surface area contributed by atoms with Gasteiger partial charge in [0.25, 0.3) is 0 Å². The predicted octanol–water partition coefficient (Wildman–Crippen LogP) is 5.24. The summed E-state index contributed by atoms with van der Waals surface area (Å²) in [5, 5.41) is 13.2. The molecular formula is C18H28N2O3S2. The molecule has 1 aromatic carbocycles. The average molecular weight is 385 g/mol. The number of isothiocyanates is 1. The first-order valence-electron chi connectivity index (χ1n) is 8.22. The topological polar surface area (TPSA) is 70.9 Å². The van der Waals surface area contributed by atoms with Gasteiger partial charge >= 0.3 is 6.09 Å². The third-order valence-electron chi connectivity index (χ3n) is 2.75. The third kappa shape index (κ3) is 14.6. The molecule has 1 amide bonds. The lowest BCUT2D eigenvalue weighted by molar-refractivity contribution is 0.0636. The van der Waals surface area contributed by atoms with Gasteiger partial charge in [-0.05, 0) is 75.8 Å². The molecule has 140 valence electrons. The van der Waals surface area contributed by atoms with Crippen LogP contribution in [0.5, 0.6) is 0 Å². The van der Waals surface area contributed by atoms with Crippen LogP contribution in [0, 0.1) is 0 Å². The molecule has 0 unspecified atom stereocenters. The number of aliphatic imine (C=N–C) groups is 1. The first kappa shape index (κ1) is 23.6. The Bertz CT molecular complexity index is 530. The number of amides is 1. The van der Waals surface area contributed by atoms with Crippen LogP contribution >= 0.6 is 24.8 Å². The van der Waals surface area contributed by atoms with Gasteiger partial charge in [-0.2, -0.15) is 17.6 Å². The molecule has 1 rings (SSSR count). The van der Waals surface area contributed by atoms with E-state index >= 15 is 0 Å². The second kappa shape index (κ2) is 13.8. The fraction of sp³-hybridized carbons (Fsp3) is 0.556. The van der Waals surface area contributed by atoms with Crippen LogP contribution in [0.4, 0.5) is 16.2 Å². The summed E-state index contributed by atoms with van der Waals surface area (Å²) in [5.41, 5.74) is 0.823. The fourth-order valence-electron chi connectivity index (χ4n) is 1.67. The van der Waals surface area contributed by atoms with Crippen LogP contribution in [0.25, 0.3) is 0 Å². The Morgan fingerprint density at radius 3 is 2.32 bits per heavy atom. The number of carbonyl (C=O) groups is 1. The van der Waals surface area contributed by atoms with Crippen LogP contribution in [0.15, 0.2) is 29.3 Å². The Hall–Kier alpha value is -1.40. The van der Waals surface area contributed by atoms with Crippen LogP contribution in [-0.4, -0.2) is 34.3 Å². The van der Waals surface area contributed by atoms with Crippen molar-refractivity contribution in [3.8, 4) is 0 Å². The minimum absolute atomic E-state index is 0.340. The van der Waals surface area contributed by atoms with Crippen LogP contribution in [0.2, 0.25) is 0 Å². The van der Waals surface area contributed by atoms with E-state index in [1.54, 1.807) is 24.3 Å². The molecule has 0 aliphatic carbocycles. The number of aliphatic hydroxyl groups is 1. The molecule has 25 heavy (non-hydrogen) atoms. The van der Waals surface area contributed by atoms with E-state index in [-0.39, 0.29) is 0 Å². The second-order valence-electron chi connectivity index (χ2n) is 6.24. The zero-order valence-corrected chi connectivity index (χ0v) is 16.8. The molecule has 0 heterocycles. The van der Waals surface area contributed by atoms with Gasteiger partial charge in [0.1, 0.15) is 5.60 Å². The van der Waals surface area contributed by atoms with E-state index in [2.05, 4.69) is 40.3 Å². The quantitative estimate of drug-likeness (QED) is 0.260. The first-order valence-corrected chi connectivity index (χ1v) is 9.26. The lowest BCUT2D eigenvalue weighted by atomic mass is 10.2. The summed E-state index contributed by atoms with van der Waals surface area (Å²) in [6.45, 7) is 5.77. The molecule has 0 bridgehead atoms. The van der Waals surface area contributed by atoms with Gasteiger partial charge in [0, 0.05) is 12.3 Å². The van der Waals surface area contributed by atoms with Crippen LogP contribution in [-0.2, 0) is 4.74 Å². The SMILES string of the molecule is CC(C)(C)OC(=O)Nc1ccc(N=C=S)cc1.OCCCCCCS. The molecule has 5 nitrogen and oxygen atoms in total. The summed E-state index contributed by atoms with van der Waals surface area (Å²) < 4.78 is 5.12. The molecular weight excluding hydrogens is 356 g/mol. The van der Waals surface area contributed by atoms with E-state index in [1.165, 1.54) is 12.8 Å². The predicted molar refractivity (Wildman–Crippen MR) is 110 cm³/mol. The van der Waals surface area contributed by atoms with Gasteiger partial charge in [0.15, 0.2) is 0 Å². The van der Waals surface area contributed by atoms with Gasteiger partial charge in [0.2, 0.25) is 0 Å². The van der Waals surface area contributed by atoms with Crippen molar-refractivity contribution in [3.05, 3.63) is 24.3 Å². The van der Waals surface area contributed by atoms with E-state index in [9.17, 15) is 4.79 Å². The van der Waals surface area contributed by atoms with E-state index in [4.69, 9.17) is 9.84 Å². The monoisotopic (exact) mass is 384 g/mol. The van der Waals surface area contributed by atoms with Gasteiger partial charge < -0.3 is 9.84 Å². The van der Waals surface area contributed by atoms with Crippen molar-refractivity contribution >= 4 is 47.5 Å². The number of carbonyl (C=O) groups excluding carboxylic acids is 1. The highest BCUT2D eigenvalue weighted by molar-refractivity contribution is 7.80. The van der Waals surface area contributed by atoms with Crippen molar-refractivity contribution in [1.82, 2.24) is 0 Å². The van der Waals surface area contributed by atoms with E-state index in [0.29, 0.717) is 18.0 Å². The smallest absolute Gasteiger partial charge is 0.412 e. The number of thiocarbonyl (C=S) groups is 1. The lowest BCUT2D eigenvalue weighted by Crippen LogP contribution is -2.27. The van der Waals surface area contributed by atoms with Crippen molar-refractivity contribution < 1.29 is 14.6 Å². The fourth-order valence-corrected chi connectivity index (χ4v) is 2.00. The van der Waals surface area contributed by atoms with Gasteiger partial charge in [-0.15, -0.1) is 0 Å². The second-order valence-corrected chi connectivity index (χ2v) is 6.87. The molecule has 0 spiro atoms. The number of anilines is 1. The summed E-state index contributed by atoms with van der Waals surface area (Å²) in [4.78, 5) is 15.3. The number of nitrogens with zero attached hydrogens (tertiary/aromatic N) is 1. The number of rotatable bonds is 7. The highest BCUT2D eigenvalue weighted by Crippen LogP contribution is 2.16. The van der Waals surface area contributed by atoms with Crippen LogP contribution in [0.3, 0.4) is 0 Å². The molecule has 0 saturated heterocycles. The molecule has 0 saturated carbocycles. The summed E-state index contributed by atoms with van der Waals surface area (Å²) in [6, 6.07) is 6.89. The molecule has 7 heteroatoms. The molecule has 0 radical (unpaired) electrons. The van der Waals surface area contributed by atoms with E-state index in [0.717, 1.165) is 18.6 Å². The third-order valence-corrected chi connectivity index (χ3v) is 3.16. The zero-order valence-electron chi connectivity index (χ0n) is 15.1. The maximum Gasteiger partial charge on any atom is 0.412 e. The molecule has 0 atom stereocenters. The molecule has 1 aromatic rings. The zero-order chi connectivity index (χ0) is 19.1. The number of ether oxygens (including phenoxy) is 1. The van der Waals surface area contributed by atoms with Crippen molar-refractivity contribution in [3.63, 3.8) is 0 Å². The number of aliphatic hydroxyl groups excluding tert-OH is 1. The Morgan fingerprint density at radius 1 is 1.24 bits per heavy atom. The number of unbranched alkanes of at least 4 members (excludes halogenated alkanes) is 3. The number of benzene rings is 1. The van der Waals surface area contributed by atoms with Crippen LogP contribution < -0.4 is 5.32 Å². The Balaban J connectivity index is 0.000000609. The van der Waals surface area contributed by atoms with Gasteiger partial charge in [-0.25, -0.2) is 4.79 Å². The first-order chi connectivity index (χ1) is 11.8. The van der Waals surface area contributed by atoms with Gasteiger partial charge in [-0.3, -0.25) is 5.32 Å². The average Bonchev–Trinajstić information content (AvgIpc) is 2.53. The standard InChI is InChI=1S/C12H14N2O2S.C6H14OS/c1-12(2,3)16-11(15)14-10-6-4-9(5-7-10)13-8-17;7-5-3-1-2-4-6-8/h4-7H,1-3H3,(H,14,15);7-8H,1-6H2. The van der Waals surface area contributed by atoms with Crippen LogP contribution in [0.1, 0.15) is 46.5 Å². The molecule has 0 fully saturated rings. The lowest BCUT2D eigenvalue weighted by Gasteiger charge is -2.19. The van der Waals surface area contributed by atoms with Crippen molar-refractivity contribution in [2.24, 2.45) is 4.99 Å². The summed E-state index contributed by atoms with van der Waals surface area (Å²) in [5.74, 6) is 0.978. The minimum atomic E-state index is -0.508. The Kier molecular flexibility index (Phi) is 13.1. The number of hydrogen-bond acceptors (Lipinski definition) is 6. The largest absolute Gasteiger partial charge is 0.444 e. The molecule has 0 aliphatic rings. The Labute approximate surface area is 161 Å². The van der Waals surface area contributed by atoms with Crippen molar-refractivity contribution in [2.75, 3.05) is 17.7 Å². The normalized spacial score (nSPS) is 10.1. The minimum Gasteiger partial charge on any atom is -0.444 e. The number of hydrogen-bond donors (Lipinski definition) is 3. The van der Waals surface area contributed by atoms with Gasteiger partial charge in [0.05, 0.1) is 10.8 Å². The maximum absolute atomic E-state index is 11.5. The number of nitrogens with one attached hydrogen (secondary N) is 1. The van der Waals surface area contributed by atoms with Crippen molar-refractivity contribution in [1.29, 1.82) is 0 Å². The molecule has 0 aromatic heterocycles. The van der Waals surface area contributed by atoms with E-state index in [1.807, 2.05) is 20.8 Å². The highest BCUT2D eigenvalue weighted by atomic mass is 32.1. The maximum atomic E-state index is 11.5. The van der Waals surface area contributed by atoms with E-state index < -0.39 is 11.7 Å².